The van der Waals surface area contributed by atoms with Gasteiger partial charge in [-0.1, -0.05) is 22.0 Å². The molecule has 0 atom stereocenters. The number of halogens is 2. The highest BCUT2D eigenvalue weighted by molar-refractivity contribution is 9.10. The first kappa shape index (κ1) is 14.7. The summed E-state index contributed by atoms with van der Waals surface area (Å²) in [7, 11) is 3.19. The van der Waals surface area contributed by atoms with E-state index in [4.69, 9.17) is 9.47 Å². The summed E-state index contributed by atoms with van der Waals surface area (Å²) in [5.74, 6) is 1.14. The van der Waals surface area contributed by atoms with Gasteiger partial charge in [0.15, 0.2) is 0 Å². The Balaban J connectivity index is 2.17. The summed E-state index contributed by atoms with van der Waals surface area (Å²) in [6, 6.07) is 10.4. The van der Waals surface area contributed by atoms with Crippen LogP contribution < -0.4 is 14.8 Å². The van der Waals surface area contributed by atoms with E-state index in [0.717, 1.165) is 10.2 Å². The van der Waals surface area contributed by atoms with Crippen molar-refractivity contribution < 1.29 is 13.9 Å². The number of rotatable bonds is 5. The smallest absolute Gasteiger partial charge is 0.142 e. The minimum atomic E-state index is -0.256. The third-order valence-electron chi connectivity index (χ3n) is 2.89. The molecule has 1 N–H and O–H groups in total. The van der Waals surface area contributed by atoms with Crippen LogP contribution >= 0.6 is 15.9 Å². The zero-order chi connectivity index (χ0) is 14.5. The van der Waals surface area contributed by atoms with Gasteiger partial charge in [0.05, 0.1) is 19.9 Å². The molecule has 5 heteroatoms. The second-order valence-electron chi connectivity index (χ2n) is 4.16. The van der Waals surface area contributed by atoms with Crippen molar-refractivity contribution in [2.75, 3.05) is 19.5 Å². The fourth-order valence-corrected chi connectivity index (χ4v) is 2.14. The van der Waals surface area contributed by atoms with Gasteiger partial charge in [-0.05, 0) is 24.3 Å². The van der Waals surface area contributed by atoms with E-state index in [2.05, 4.69) is 21.2 Å². The number of anilines is 1. The predicted molar refractivity (Wildman–Crippen MR) is 81.0 cm³/mol. The maximum Gasteiger partial charge on any atom is 0.142 e. The van der Waals surface area contributed by atoms with Crippen LogP contribution in [0.4, 0.5) is 10.1 Å². The summed E-state index contributed by atoms with van der Waals surface area (Å²) in [6.07, 6.45) is 0. The molecule has 0 unspecified atom stereocenters. The second kappa shape index (κ2) is 6.61. The molecule has 0 aromatic heterocycles. The van der Waals surface area contributed by atoms with Gasteiger partial charge in [-0.2, -0.15) is 0 Å². The van der Waals surface area contributed by atoms with Crippen LogP contribution in [0.15, 0.2) is 40.9 Å². The minimum absolute atomic E-state index is 0.256. The van der Waals surface area contributed by atoms with E-state index < -0.39 is 0 Å². The van der Waals surface area contributed by atoms with Crippen LogP contribution in [0.2, 0.25) is 0 Å². The van der Waals surface area contributed by atoms with E-state index >= 15 is 0 Å². The van der Waals surface area contributed by atoms with Crippen LogP contribution in [-0.2, 0) is 6.54 Å². The Hall–Kier alpha value is -1.75. The molecule has 3 nitrogen and oxygen atoms in total. The highest BCUT2D eigenvalue weighted by Crippen LogP contribution is 2.29. The van der Waals surface area contributed by atoms with Crippen molar-refractivity contribution in [2.24, 2.45) is 0 Å². The fourth-order valence-electron chi connectivity index (χ4n) is 1.81. The second-order valence-corrected chi connectivity index (χ2v) is 5.07. The SMILES string of the molecule is COc1ccc(OC)c(NCc2ccc(Br)cc2F)c1. The maximum absolute atomic E-state index is 13.8. The Kier molecular flexibility index (Phi) is 4.84. The Labute approximate surface area is 125 Å². The Morgan fingerprint density at radius 2 is 1.90 bits per heavy atom. The summed E-state index contributed by atoms with van der Waals surface area (Å²) < 4.78 is 24.9. The number of hydrogen-bond acceptors (Lipinski definition) is 3. The summed E-state index contributed by atoms with van der Waals surface area (Å²) in [6.45, 7) is 0.364. The lowest BCUT2D eigenvalue weighted by Gasteiger charge is -2.13. The van der Waals surface area contributed by atoms with Gasteiger partial charge >= 0.3 is 0 Å². The molecule has 0 saturated heterocycles. The number of nitrogens with one attached hydrogen (secondary N) is 1. The van der Waals surface area contributed by atoms with Crippen molar-refractivity contribution in [3.05, 3.63) is 52.3 Å². The van der Waals surface area contributed by atoms with E-state index in [1.807, 2.05) is 18.2 Å². The van der Waals surface area contributed by atoms with Crippen molar-refractivity contribution in [3.8, 4) is 11.5 Å². The number of methoxy groups -OCH3 is 2. The van der Waals surface area contributed by atoms with Gasteiger partial charge < -0.3 is 14.8 Å². The standard InChI is InChI=1S/C15H15BrFNO2/c1-19-12-5-6-15(20-2)14(8-12)18-9-10-3-4-11(16)7-13(10)17/h3-8,18H,9H2,1-2H3. The van der Waals surface area contributed by atoms with Crippen LogP contribution in [0.5, 0.6) is 11.5 Å². The molecule has 0 aliphatic rings. The van der Waals surface area contributed by atoms with Gasteiger partial charge in [-0.15, -0.1) is 0 Å². The number of ether oxygens (including phenoxy) is 2. The lowest BCUT2D eigenvalue weighted by atomic mass is 10.2. The van der Waals surface area contributed by atoms with Crippen LogP contribution in [-0.4, -0.2) is 14.2 Å². The Morgan fingerprint density at radius 3 is 2.55 bits per heavy atom. The molecule has 0 aliphatic heterocycles. The summed E-state index contributed by atoms with van der Waals surface area (Å²) in [5, 5.41) is 3.16. The van der Waals surface area contributed by atoms with Crippen molar-refractivity contribution in [2.45, 2.75) is 6.54 Å². The predicted octanol–water partition coefficient (Wildman–Crippen LogP) is 4.22. The van der Waals surface area contributed by atoms with Crippen LogP contribution in [0, 0.1) is 5.82 Å². The number of hydrogen-bond donors (Lipinski definition) is 1. The molecule has 2 aromatic carbocycles. The van der Waals surface area contributed by atoms with Crippen molar-refractivity contribution in [3.63, 3.8) is 0 Å². The van der Waals surface area contributed by atoms with Crippen molar-refractivity contribution in [1.29, 1.82) is 0 Å². The highest BCUT2D eigenvalue weighted by atomic mass is 79.9. The van der Waals surface area contributed by atoms with Crippen LogP contribution in [0.3, 0.4) is 0 Å². The molecule has 0 radical (unpaired) electrons. The molecule has 0 saturated carbocycles. The first-order valence-corrected chi connectivity index (χ1v) is 6.83. The quantitative estimate of drug-likeness (QED) is 0.884. The van der Waals surface area contributed by atoms with E-state index in [-0.39, 0.29) is 5.82 Å². The largest absolute Gasteiger partial charge is 0.497 e. The molecular weight excluding hydrogens is 325 g/mol. The van der Waals surface area contributed by atoms with Gasteiger partial charge in [-0.25, -0.2) is 4.39 Å². The van der Waals surface area contributed by atoms with Crippen LogP contribution in [0.1, 0.15) is 5.56 Å². The maximum atomic E-state index is 13.8. The van der Waals surface area contributed by atoms with Gasteiger partial charge in [0.2, 0.25) is 0 Å². The van der Waals surface area contributed by atoms with E-state index in [0.29, 0.717) is 23.6 Å². The normalized spacial score (nSPS) is 10.2. The molecular formula is C15H15BrFNO2. The lowest BCUT2D eigenvalue weighted by Crippen LogP contribution is -2.03. The monoisotopic (exact) mass is 339 g/mol. The molecule has 20 heavy (non-hydrogen) atoms. The first-order valence-electron chi connectivity index (χ1n) is 6.04. The summed E-state index contributed by atoms with van der Waals surface area (Å²) in [5.41, 5.74) is 1.34. The number of benzene rings is 2. The fraction of sp³-hybridized carbons (Fsp3) is 0.200. The molecule has 2 aromatic rings. The lowest BCUT2D eigenvalue weighted by molar-refractivity contribution is 0.404. The molecule has 2 rings (SSSR count). The molecule has 0 heterocycles. The Morgan fingerprint density at radius 1 is 1.10 bits per heavy atom. The van der Waals surface area contributed by atoms with Gasteiger partial charge in [0, 0.05) is 22.6 Å². The van der Waals surface area contributed by atoms with E-state index in [1.165, 1.54) is 6.07 Å². The minimum Gasteiger partial charge on any atom is -0.497 e. The molecule has 0 bridgehead atoms. The zero-order valence-electron chi connectivity index (χ0n) is 11.2. The molecule has 0 amide bonds. The molecule has 106 valence electrons. The average Bonchev–Trinajstić information content (AvgIpc) is 2.46. The van der Waals surface area contributed by atoms with Gasteiger partial charge in [0.1, 0.15) is 17.3 Å². The average molecular weight is 340 g/mol. The topological polar surface area (TPSA) is 30.5 Å². The van der Waals surface area contributed by atoms with Crippen molar-refractivity contribution in [1.82, 2.24) is 0 Å². The third kappa shape index (κ3) is 3.42. The summed E-state index contributed by atoms with van der Waals surface area (Å²) >= 11 is 3.24. The summed E-state index contributed by atoms with van der Waals surface area (Å²) in [4.78, 5) is 0. The van der Waals surface area contributed by atoms with Crippen LogP contribution in [0.25, 0.3) is 0 Å². The van der Waals surface area contributed by atoms with E-state index in [1.54, 1.807) is 26.4 Å². The third-order valence-corrected chi connectivity index (χ3v) is 3.38. The molecule has 0 fully saturated rings. The zero-order valence-corrected chi connectivity index (χ0v) is 12.8. The highest BCUT2D eigenvalue weighted by Gasteiger charge is 2.07. The Bertz CT molecular complexity index is 604. The molecule has 0 aliphatic carbocycles. The van der Waals surface area contributed by atoms with E-state index in [9.17, 15) is 4.39 Å². The van der Waals surface area contributed by atoms with Gasteiger partial charge in [-0.3, -0.25) is 0 Å². The first-order chi connectivity index (χ1) is 9.63. The van der Waals surface area contributed by atoms with Crippen molar-refractivity contribution >= 4 is 21.6 Å². The van der Waals surface area contributed by atoms with Gasteiger partial charge in [0.25, 0.3) is 0 Å². The molecule has 0 spiro atoms.